The minimum Gasteiger partial charge on any atom is -0.370 e. The summed E-state index contributed by atoms with van der Waals surface area (Å²) in [6.07, 6.45) is 7.12. The van der Waals surface area contributed by atoms with E-state index in [9.17, 15) is 0 Å². The fourth-order valence-electron chi connectivity index (χ4n) is 2.96. The highest BCUT2D eigenvalue weighted by atomic mass is 16.5. The van der Waals surface area contributed by atoms with Gasteiger partial charge in [-0.3, -0.25) is 4.68 Å². The first-order valence-electron chi connectivity index (χ1n) is 7.12. The van der Waals surface area contributed by atoms with E-state index in [2.05, 4.69) is 20.5 Å². The molecule has 7 nitrogen and oxygen atoms in total. The molecule has 2 aromatic heterocycles. The van der Waals surface area contributed by atoms with Gasteiger partial charge in [-0.15, -0.1) is 0 Å². The molecule has 0 spiro atoms. The summed E-state index contributed by atoms with van der Waals surface area (Å²) in [6, 6.07) is 0.211. The van der Waals surface area contributed by atoms with Gasteiger partial charge in [0.25, 0.3) is 0 Å². The lowest BCUT2D eigenvalue weighted by Gasteiger charge is -2.23. The summed E-state index contributed by atoms with van der Waals surface area (Å²) in [4.78, 5) is 4.60. The SMILES string of the molecule is Cn1cc(C2CCNc3nc(C4CCCO4)nn32)cn1. The number of nitrogens with one attached hydrogen (secondary N) is 1. The Balaban J connectivity index is 1.69. The van der Waals surface area contributed by atoms with Crippen molar-refractivity contribution >= 4 is 5.95 Å². The number of hydrogen-bond donors (Lipinski definition) is 1. The topological polar surface area (TPSA) is 69.8 Å². The number of anilines is 1. The Hall–Kier alpha value is -1.89. The first-order valence-corrected chi connectivity index (χ1v) is 7.12. The standard InChI is InChI=1S/C13H18N6O/c1-18-8-9(7-15-18)10-4-5-14-13-16-12(17-19(10)13)11-3-2-6-20-11/h7-8,10-11H,2-6H2,1H3,(H,14,16,17). The zero-order chi connectivity index (χ0) is 13.5. The molecule has 1 N–H and O–H groups in total. The normalized spacial score (nSPS) is 25.4. The van der Waals surface area contributed by atoms with E-state index in [1.807, 2.05) is 28.8 Å². The average molecular weight is 274 g/mol. The molecule has 20 heavy (non-hydrogen) atoms. The zero-order valence-electron chi connectivity index (χ0n) is 11.5. The van der Waals surface area contributed by atoms with E-state index in [-0.39, 0.29) is 12.1 Å². The molecule has 1 saturated heterocycles. The fourth-order valence-corrected chi connectivity index (χ4v) is 2.96. The highest BCUT2D eigenvalue weighted by Crippen LogP contribution is 2.32. The molecule has 0 radical (unpaired) electrons. The Morgan fingerprint density at radius 2 is 2.35 bits per heavy atom. The largest absolute Gasteiger partial charge is 0.370 e. The van der Waals surface area contributed by atoms with Gasteiger partial charge in [0.2, 0.25) is 5.95 Å². The molecular formula is C13H18N6O. The minimum atomic E-state index is 0.0597. The Morgan fingerprint density at radius 1 is 1.40 bits per heavy atom. The van der Waals surface area contributed by atoms with E-state index in [1.54, 1.807) is 0 Å². The van der Waals surface area contributed by atoms with Gasteiger partial charge in [-0.1, -0.05) is 0 Å². The van der Waals surface area contributed by atoms with E-state index in [0.29, 0.717) is 0 Å². The van der Waals surface area contributed by atoms with Crippen LogP contribution < -0.4 is 5.32 Å². The molecule has 106 valence electrons. The van der Waals surface area contributed by atoms with Crippen LogP contribution in [0, 0.1) is 0 Å². The summed E-state index contributed by atoms with van der Waals surface area (Å²) in [7, 11) is 1.94. The lowest BCUT2D eigenvalue weighted by atomic mass is 10.1. The molecule has 7 heteroatoms. The second-order valence-electron chi connectivity index (χ2n) is 5.42. The zero-order valence-corrected chi connectivity index (χ0v) is 11.5. The van der Waals surface area contributed by atoms with E-state index in [4.69, 9.17) is 4.74 Å². The third-order valence-corrected chi connectivity index (χ3v) is 3.97. The van der Waals surface area contributed by atoms with Crippen LogP contribution >= 0.6 is 0 Å². The molecule has 2 unspecified atom stereocenters. The minimum absolute atomic E-state index is 0.0597. The van der Waals surface area contributed by atoms with Crippen molar-refractivity contribution in [3.05, 3.63) is 23.8 Å². The maximum atomic E-state index is 5.68. The number of ether oxygens (including phenoxy) is 1. The van der Waals surface area contributed by atoms with Gasteiger partial charge in [-0.2, -0.15) is 15.2 Å². The fraction of sp³-hybridized carbons (Fsp3) is 0.615. The highest BCUT2D eigenvalue weighted by molar-refractivity contribution is 5.32. The Bertz CT molecular complexity index is 612. The van der Waals surface area contributed by atoms with Crippen LogP contribution in [-0.2, 0) is 11.8 Å². The predicted octanol–water partition coefficient (Wildman–Crippen LogP) is 1.27. The lowest BCUT2D eigenvalue weighted by molar-refractivity contribution is 0.105. The van der Waals surface area contributed by atoms with Crippen LogP contribution in [-0.4, -0.2) is 37.7 Å². The summed E-state index contributed by atoms with van der Waals surface area (Å²) in [5, 5.41) is 12.3. The van der Waals surface area contributed by atoms with Crippen molar-refractivity contribution < 1.29 is 4.74 Å². The molecule has 0 aromatic carbocycles. The number of hydrogen-bond acceptors (Lipinski definition) is 5. The van der Waals surface area contributed by atoms with Crippen molar-refractivity contribution in [3.63, 3.8) is 0 Å². The van der Waals surface area contributed by atoms with Gasteiger partial charge < -0.3 is 10.1 Å². The monoisotopic (exact) mass is 274 g/mol. The van der Waals surface area contributed by atoms with Crippen LogP contribution in [0.3, 0.4) is 0 Å². The molecule has 2 atom stereocenters. The van der Waals surface area contributed by atoms with Crippen molar-refractivity contribution in [1.82, 2.24) is 24.5 Å². The summed E-state index contributed by atoms with van der Waals surface area (Å²) in [6.45, 7) is 1.72. The van der Waals surface area contributed by atoms with Crippen molar-refractivity contribution in [1.29, 1.82) is 0 Å². The quantitative estimate of drug-likeness (QED) is 0.893. The van der Waals surface area contributed by atoms with E-state index >= 15 is 0 Å². The molecule has 0 amide bonds. The van der Waals surface area contributed by atoms with Gasteiger partial charge in [0.1, 0.15) is 6.10 Å². The van der Waals surface area contributed by atoms with Crippen LogP contribution in [0.4, 0.5) is 5.95 Å². The molecule has 0 aliphatic carbocycles. The highest BCUT2D eigenvalue weighted by Gasteiger charge is 2.29. The molecule has 2 aliphatic rings. The van der Waals surface area contributed by atoms with Crippen molar-refractivity contribution in [2.45, 2.75) is 31.4 Å². The summed E-state index contributed by atoms with van der Waals surface area (Å²) >= 11 is 0. The molecule has 0 saturated carbocycles. The number of nitrogens with zero attached hydrogens (tertiary/aromatic N) is 5. The van der Waals surface area contributed by atoms with Crippen molar-refractivity contribution in [3.8, 4) is 0 Å². The molecule has 0 bridgehead atoms. The number of rotatable bonds is 2. The number of fused-ring (bicyclic) bond motifs is 1. The lowest BCUT2D eigenvalue weighted by Crippen LogP contribution is -2.24. The maximum Gasteiger partial charge on any atom is 0.222 e. The first kappa shape index (κ1) is 11.9. The van der Waals surface area contributed by atoms with Gasteiger partial charge in [-0.25, -0.2) is 4.68 Å². The van der Waals surface area contributed by atoms with Gasteiger partial charge in [0.05, 0.1) is 12.2 Å². The van der Waals surface area contributed by atoms with Gasteiger partial charge in [0.15, 0.2) is 5.82 Å². The molecular weight excluding hydrogens is 256 g/mol. The van der Waals surface area contributed by atoms with Crippen LogP contribution in [0.2, 0.25) is 0 Å². The number of aromatic nitrogens is 5. The van der Waals surface area contributed by atoms with Gasteiger partial charge in [0, 0.05) is 32.0 Å². The maximum absolute atomic E-state index is 5.68. The summed E-state index contributed by atoms with van der Waals surface area (Å²) in [5.41, 5.74) is 1.18. The summed E-state index contributed by atoms with van der Waals surface area (Å²) in [5.74, 6) is 1.65. The third kappa shape index (κ3) is 1.89. The van der Waals surface area contributed by atoms with Gasteiger partial charge >= 0.3 is 0 Å². The van der Waals surface area contributed by atoms with Crippen molar-refractivity contribution in [2.75, 3.05) is 18.5 Å². The van der Waals surface area contributed by atoms with Gasteiger partial charge in [-0.05, 0) is 19.3 Å². The third-order valence-electron chi connectivity index (χ3n) is 3.97. The molecule has 4 heterocycles. The summed E-state index contributed by atoms with van der Waals surface area (Å²) < 4.78 is 9.49. The number of aryl methyl sites for hydroxylation is 1. The Kier molecular flexibility index (Phi) is 2.73. The second kappa shape index (κ2) is 4.59. The van der Waals surface area contributed by atoms with Crippen LogP contribution in [0.1, 0.15) is 42.8 Å². The molecule has 4 rings (SSSR count). The van der Waals surface area contributed by atoms with E-state index in [1.165, 1.54) is 5.56 Å². The molecule has 2 aromatic rings. The van der Waals surface area contributed by atoms with Crippen molar-refractivity contribution in [2.24, 2.45) is 7.05 Å². The van der Waals surface area contributed by atoms with Crippen LogP contribution in [0.25, 0.3) is 0 Å². The molecule has 1 fully saturated rings. The first-order chi connectivity index (χ1) is 9.81. The second-order valence-corrected chi connectivity index (χ2v) is 5.42. The van der Waals surface area contributed by atoms with E-state index in [0.717, 1.165) is 44.2 Å². The Morgan fingerprint density at radius 3 is 3.10 bits per heavy atom. The molecule has 2 aliphatic heterocycles. The van der Waals surface area contributed by atoms with Crippen LogP contribution in [0.5, 0.6) is 0 Å². The predicted molar refractivity (Wildman–Crippen MR) is 72.4 cm³/mol. The Labute approximate surface area is 116 Å². The average Bonchev–Trinajstić information content (AvgIpc) is 3.17. The smallest absolute Gasteiger partial charge is 0.222 e. The van der Waals surface area contributed by atoms with Crippen LogP contribution in [0.15, 0.2) is 12.4 Å². The van der Waals surface area contributed by atoms with E-state index < -0.39 is 0 Å².